The molecule has 0 aliphatic carbocycles. The minimum Gasteiger partial charge on any atom is -0.355 e. The van der Waals surface area contributed by atoms with Crippen LogP contribution in [0.5, 0.6) is 0 Å². The van der Waals surface area contributed by atoms with Gasteiger partial charge in [-0.25, -0.2) is 0 Å². The molecule has 0 aliphatic rings. The average Bonchev–Trinajstić information content (AvgIpc) is 2.24. The van der Waals surface area contributed by atoms with Gasteiger partial charge in [-0.15, -0.1) is 0 Å². The van der Waals surface area contributed by atoms with E-state index in [1.54, 1.807) is 0 Å². The van der Waals surface area contributed by atoms with Crippen molar-refractivity contribution in [3.05, 3.63) is 57.5 Å². The van der Waals surface area contributed by atoms with Gasteiger partial charge in [0.2, 0.25) is 0 Å². The van der Waals surface area contributed by atoms with E-state index in [2.05, 4.69) is 37.2 Å². The minimum atomic E-state index is 1.04. The first-order valence-electron chi connectivity index (χ1n) is 4.53. The summed E-state index contributed by atoms with van der Waals surface area (Å²) < 4.78 is 2.11. The summed E-state index contributed by atoms with van der Waals surface area (Å²) in [5.41, 5.74) is 2.14. The van der Waals surface area contributed by atoms with E-state index in [1.807, 2.05) is 48.5 Å². The predicted octanol–water partition coefficient (Wildman–Crippen LogP) is 4.96. The third kappa shape index (κ3) is 2.83. The Kier molecular flexibility index (Phi) is 3.44. The first-order valence-corrected chi connectivity index (χ1v) is 6.11. The van der Waals surface area contributed by atoms with Crippen molar-refractivity contribution in [1.29, 1.82) is 0 Å². The van der Waals surface area contributed by atoms with Crippen molar-refractivity contribution in [2.75, 3.05) is 5.32 Å². The van der Waals surface area contributed by atoms with E-state index in [9.17, 15) is 0 Å². The molecule has 0 unspecified atom stereocenters. The normalized spacial score (nSPS) is 10.0. The fourth-order valence-corrected chi connectivity index (χ4v) is 2.41. The monoisotopic (exact) mass is 325 g/mol. The predicted molar refractivity (Wildman–Crippen MR) is 71.6 cm³/mol. The summed E-state index contributed by atoms with van der Waals surface area (Å²) in [6, 6.07) is 16.2. The molecule has 76 valence electrons. The number of nitrogens with one attached hydrogen (secondary N) is 1. The number of hydrogen-bond acceptors (Lipinski definition) is 1. The minimum absolute atomic E-state index is 1.04. The van der Waals surface area contributed by atoms with Gasteiger partial charge in [0.1, 0.15) is 0 Å². The van der Waals surface area contributed by atoms with E-state index >= 15 is 0 Å². The van der Waals surface area contributed by atoms with Crippen LogP contribution < -0.4 is 5.32 Å². The number of anilines is 2. The lowest BCUT2D eigenvalue weighted by molar-refractivity contribution is 1.51. The fraction of sp³-hybridized carbons (Fsp3) is 0. The fourth-order valence-electron chi connectivity index (χ4n) is 1.27. The summed E-state index contributed by atoms with van der Waals surface area (Å²) in [6.07, 6.45) is 0. The Hall–Kier alpha value is -0.800. The molecule has 0 atom stereocenters. The molecule has 0 bridgehead atoms. The van der Waals surface area contributed by atoms with Crippen LogP contribution in [-0.4, -0.2) is 0 Å². The number of benzene rings is 2. The second-order valence-electron chi connectivity index (χ2n) is 3.12. The van der Waals surface area contributed by atoms with Crippen LogP contribution in [-0.2, 0) is 0 Å². The van der Waals surface area contributed by atoms with Crippen LogP contribution in [0.25, 0.3) is 0 Å². The zero-order valence-corrected chi connectivity index (χ0v) is 11.0. The molecule has 1 N–H and O–H groups in total. The smallest absolute Gasteiger partial charge is 0.0529 e. The Balaban J connectivity index is 2.25. The zero-order valence-electron chi connectivity index (χ0n) is 7.87. The van der Waals surface area contributed by atoms with Crippen LogP contribution in [0, 0.1) is 0 Å². The van der Waals surface area contributed by atoms with Gasteiger partial charge in [-0.2, -0.15) is 0 Å². The summed E-state index contributed by atoms with van der Waals surface area (Å²) in [6.45, 7) is 0. The van der Waals surface area contributed by atoms with E-state index < -0.39 is 0 Å². The van der Waals surface area contributed by atoms with Crippen LogP contribution in [0.3, 0.4) is 0 Å². The lowest BCUT2D eigenvalue weighted by Gasteiger charge is -2.08. The molecule has 2 aromatic rings. The van der Waals surface area contributed by atoms with Crippen molar-refractivity contribution in [2.24, 2.45) is 0 Å². The first kappa shape index (κ1) is 10.7. The molecule has 0 radical (unpaired) electrons. The van der Waals surface area contributed by atoms with Crippen molar-refractivity contribution in [3.8, 4) is 0 Å². The maximum atomic E-state index is 3.51. The molecular formula is C12H9Br2N. The third-order valence-corrected chi connectivity index (χ3v) is 3.13. The first-order chi connectivity index (χ1) is 7.25. The second-order valence-corrected chi connectivity index (χ2v) is 4.89. The Labute approximate surface area is 106 Å². The number of para-hydroxylation sites is 1. The summed E-state index contributed by atoms with van der Waals surface area (Å²) in [5, 5.41) is 3.33. The maximum absolute atomic E-state index is 3.51. The summed E-state index contributed by atoms with van der Waals surface area (Å²) >= 11 is 6.94. The number of rotatable bonds is 2. The highest BCUT2D eigenvalue weighted by molar-refractivity contribution is 9.11. The molecule has 0 heterocycles. The van der Waals surface area contributed by atoms with Crippen molar-refractivity contribution in [1.82, 2.24) is 0 Å². The van der Waals surface area contributed by atoms with Gasteiger partial charge in [0.15, 0.2) is 0 Å². The molecule has 0 aliphatic heterocycles. The highest BCUT2D eigenvalue weighted by Gasteiger charge is 2.00. The molecular weight excluding hydrogens is 318 g/mol. The SMILES string of the molecule is Brc1ccc(Nc2ccccc2)c(Br)c1. The zero-order chi connectivity index (χ0) is 10.7. The quantitative estimate of drug-likeness (QED) is 0.822. The van der Waals surface area contributed by atoms with E-state index in [0.29, 0.717) is 0 Å². The van der Waals surface area contributed by atoms with E-state index in [1.165, 1.54) is 0 Å². The highest BCUT2D eigenvalue weighted by Crippen LogP contribution is 2.28. The Morgan fingerprint density at radius 2 is 1.60 bits per heavy atom. The second kappa shape index (κ2) is 4.81. The highest BCUT2D eigenvalue weighted by atomic mass is 79.9. The standard InChI is InChI=1S/C12H9Br2N/c13-9-6-7-12(11(14)8-9)15-10-4-2-1-3-5-10/h1-8,15H. The Morgan fingerprint density at radius 1 is 0.867 bits per heavy atom. The lowest BCUT2D eigenvalue weighted by atomic mass is 10.3. The molecule has 0 aromatic heterocycles. The van der Waals surface area contributed by atoms with Gasteiger partial charge in [0.25, 0.3) is 0 Å². The van der Waals surface area contributed by atoms with Gasteiger partial charge in [-0.3, -0.25) is 0 Å². The molecule has 3 heteroatoms. The maximum Gasteiger partial charge on any atom is 0.0529 e. The van der Waals surface area contributed by atoms with Crippen molar-refractivity contribution < 1.29 is 0 Å². The van der Waals surface area contributed by atoms with Gasteiger partial charge < -0.3 is 5.32 Å². The molecule has 0 saturated carbocycles. The van der Waals surface area contributed by atoms with Crippen LogP contribution in [0.1, 0.15) is 0 Å². The summed E-state index contributed by atoms with van der Waals surface area (Å²) in [5.74, 6) is 0. The van der Waals surface area contributed by atoms with Gasteiger partial charge in [0, 0.05) is 14.6 Å². The van der Waals surface area contributed by atoms with Gasteiger partial charge in [-0.1, -0.05) is 34.1 Å². The van der Waals surface area contributed by atoms with E-state index in [-0.39, 0.29) is 0 Å². The summed E-state index contributed by atoms with van der Waals surface area (Å²) in [4.78, 5) is 0. The third-order valence-electron chi connectivity index (χ3n) is 1.98. The topological polar surface area (TPSA) is 12.0 Å². The van der Waals surface area contributed by atoms with E-state index in [0.717, 1.165) is 20.3 Å². The van der Waals surface area contributed by atoms with Crippen molar-refractivity contribution >= 4 is 43.2 Å². The largest absolute Gasteiger partial charge is 0.355 e. The Bertz CT molecular complexity index is 454. The van der Waals surface area contributed by atoms with Crippen molar-refractivity contribution in [3.63, 3.8) is 0 Å². The van der Waals surface area contributed by atoms with Gasteiger partial charge >= 0.3 is 0 Å². The molecule has 2 aromatic carbocycles. The van der Waals surface area contributed by atoms with Gasteiger partial charge in [-0.05, 0) is 46.3 Å². The molecule has 2 rings (SSSR count). The average molecular weight is 327 g/mol. The molecule has 1 nitrogen and oxygen atoms in total. The molecule has 0 fully saturated rings. The van der Waals surface area contributed by atoms with Gasteiger partial charge in [0.05, 0.1) is 5.69 Å². The van der Waals surface area contributed by atoms with Crippen LogP contribution in [0.15, 0.2) is 57.5 Å². The molecule has 0 spiro atoms. The van der Waals surface area contributed by atoms with Crippen LogP contribution in [0.2, 0.25) is 0 Å². The summed E-state index contributed by atoms with van der Waals surface area (Å²) in [7, 11) is 0. The number of halogens is 2. The molecule has 15 heavy (non-hydrogen) atoms. The Morgan fingerprint density at radius 3 is 2.27 bits per heavy atom. The lowest BCUT2D eigenvalue weighted by Crippen LogP contribution is -1.90. The van der Waals surface area contributed by atoms with Crippen LogP contribution in [0.4, 0.5) is 11.4 Å². The molecule has 0 saturated heterocycles. The van der Waals surface area contributed by atoms with E-state index in [4.69, 9.17) is 0 Å². The van der Waals surface area contributed by atoms with Crippen LogP contribution >= 0.6 is 31.9 Å². The molecule has 0 amide bonds. The number of hydrogen-bond donors (Lipinski definition) is 1. The van der Waals surface area contributed by atoms with Crippen molar-refractivity contribution in [2.45, 2.75) is 0 Å².